The summed E-state index contributed by atoms with van der Waals surface area (Å²) in [5.41, 5.74) is 3.71. The van der Waals surface area contributed by atoms with E-state index in [1.807, 2.05) is 39.0 Å². The molecule has 0 aromatic heterocycles. The predicted molar refractivity (Wildman–Crippen MR) is 122 cm³/mol. The van der Waals surface area contributed by atoms with Crippen molar-refractivity contribution < 1.29 is 13.2 Å². The van der Waals surface area contributed by atoms with Gasteiger partial charge in [-0.1, -0.05) is 53.6 Å². The Morgan fingerprint density at radius 1 is 0.933 bits per heavy atom. The van der Waals surface area contributed by atoms with Crippen LogP contribution in [0.3, 0.4) is 0 Å². The third-order valence-electron chi connectivity index (χ3n) is 4.68. The molecule has 0 fully saturated rings. The van der Waals surface area contributed by atoms with Gasteiger partial charge in [-0.15, -0.1) is 0 Å². The number of hydrogen-bond donors (Lipinski definition) is 1. The van der Waals surface area contributed by atoms with Gasteiger partial charge in [-0.3, -0.25) is 9.10 Å². The van der Waals surface area contributed by atoms with Gasteiger partial charge in [0.05, 0.1) is 15.6 Å². The summed E-state index contributed by atoms with van der Waals surface area (Å²) in [5, 5.41) is 3.06. The van der Waals surface area contributed by atoms with Gasteiger partial charge in [-0.05, 0) is 62.2 Å². The van der Waals surface area contributed by atoms with Gasteiger partial charge in [0, 0.05) is 5.69 Å². The first kappa shape index (κ1) is 21.9. The second kappa shape index (κ2) is 8.90. The van der Waals surface area contributed by atoms with E-state index in [0.717, 1.165) is 21.0 Å². The molecule has 3 aromatic rings. The van der Waals surface area contributed by atoms with Gasteiger partial charge >= 0.3 is 0 Å². The Balaban J connectivity index is 1.98. The van der Waals surface area contributed by atoms with Crippen LogP contribution in [0.2, 0.25) is 5.02 Å². The molecule has 3 aromatic carbocycles. The third kappa shape index (κ3) is 4.83. The number of benzene rings is 3. The van der Waals surface area contributed by atoms with Crippen molar-refractivity contribution >= 4 is 38.9 Å². The lowest BCUT2D eigenvalue weighted by molar-refractivity contribution is -0.114. The maximum Gasteiger partial charge on any atom is 0.264 e. The molecule has 0 bridgehead atoms. The lowest BCUT2D eigenvalue weighted by atomic mass is 10.1. The summed E-state index contributed by atoms with van der Waals surface area (Å²) in [6.07, 6.45) is 0. The van der Waals surface area contributed by atoms with Crippen LogP contribution in [0, 0.1) is 20.8 Å². The van der Waals surface area contributed by atoms with Crippen LogP contribution in [0.1, 0.15) is 16.7 Å². The Kier molecular flexibility index (Phi) is 6.48. The minimum atomic E-state index is -4.01. The molecule has 0 aliphatic heterocycles. The van der Waals surface area contributed by atoms with Crippen LogP contribution in [0.25, 0.3) is 0 Å². The first-order valence-corrected chi connectivity index (χ1v) is 11.2. The van der Waals surface area contributed by atoms with Crippen LogP contribution in [-0.4, -0.2) is 20.9 Å². The van der Waals surface area contributed by atoms with Crippen LogP contribution in [0.15, 0.2) is 71.6 Å². The zero-order chi connectivity index (χ0) is 21.9. The topological polar surface area (TPSA) is 66.5 Å². The third-order valence-corrected chi connectivity index (χ3v) is 6.78. The number of carbonyl (C=O) groups is 1. The fraction of sp³-hybridized carbons (Fsp3) is 0.174. The highest BCUT2D eigenvalue weighted by Gasteiger charge is 2.28. The molecule has 156 valence electrons. The summed E-state index contributed by atoms with van der Waals surface area (Å²) in [5.74, 6) is -0.459. The molecule has 1 N–H and O–H groups in total. The SMILES string of the molecule is Cc1ccc(S(=O)(=O)N(CC(=O)Nc2cc(C)ccc2C)c2ccccc2Cl)cc1. The smallest absolute Gasteiger partial charge is 0.264 e. The Morgan fingerprint density at radius 3 is 2.23 bits per heavy atom. The zero-order valence-electron chi connectivity index (χ0n) is 17.0. The maximum atomic E-state index is 13.4. The van der Waals surface area contributed by atoms with E-state index in [-0.39, 0.29) is 15.6 Å². The molecule has 0 aliphatic carbocycles. The monoisotopic (exact) mass is 442 g/mol. The molecule has 7 heteroatoms. The highest BCUT2D eigenvalue weighted by atomic mass is 35.5. The molecule has 0 atom stereocenters. The Morgan fingerprint density at radius 2 is 1.57 bits per heavy atom. The van der Waals surface area contributed by atoms with Crippen LogP contribution >= 0.6 is 11.6 Å². The normalized spacial score (nSPS) is 11.2. The van der Waals surface area contributed by atoms with Crippen molar-refractivity contribution in [3.63, 3.8) is 0 Å². The van der Waals surface area contributed by atoms with Crippen molar-refractivity contribution in [1.82, 2.24) is 0 Å². The summed E-state index contributed by atoms with van der Waals surface area (Å²) in [6, 6.07) is 18.7. The summed E-state index contributed by atoms with van der Waals surface area (Å²) < 4.78 is 27.8. The van der Waals surface area contributed by atoms with Crippen LogP contribution in [0.4, 0.5) is 11.4 Å². The molecule has 30 heavy (non-hydrogen) atoms. The molecule has 5 nitrogen and oxygen atoms in total. The number of sulfonamides is 1. The molecule has 3 rings (SSSR count). The second-order valence-electron chi connectivity index (χ2n) is 7.14. The molecule has 0 saturated heterocycles. The molecular weight excluding hydrogens is 420 g/mol. The number of amides is 1. The number of rotatable bonds is 6. The Labute approximate surface area is 182 Å². The summed E-state index contributed by atoms with van der Waals surface area (Å²) in [4.78, 5) is 12.9. The van der Waals surface area contributed by atoms with E-state index in [2.05, 4.69) is 5.32 Å². The number of nitrogens with zero attached hydrogens (tertiary/aromatic N) is 1. The minimum Gasteiger partial charge on any atom is -0.324 e. The van der Waals surface area contributed by atoms with E-state index in [1.54, 1.807) is 36.4 Å². The van der Waals surface area contributed by atoms with Crippen molar-refractivity contribution in [2.75, 3.05) is 16.2 Å². The second-order valence-corrected chi connectivity index (χ2v) is 9.41. The Bertz CT molecular complexity index is 1180. The quantitative estimate of drug-likeness (QED) is 0.577. The number of hydrogen-bond acceptors (Lipinski definition) is 3. The van der Waals surface area contributed by atoms with Crippen molar-refractivity contribution in [3.8, 4) is 0 Å². The minimum absolute atomic E-state index is 0.0903. The zero-order valence-corrected chi connectivity index (χ0v) is 18.6. The van der Waals surface area contributed by atoms with Gasteiger partial charge in [0.15, 0.2) is 0 Å². The highest BCUT2D eigenvalue weighted by molar-refractivity contribution is 7.92. The fourth-order valence-corrected chi connectivity index (χ4v) is 4.71. The molecule has 0 spiro atoms. The summed E-state index contributed by atoms with van der Waals surface area (Å²) >= 11 is 6.29. The average molecular weight is 443 g/mol. The predicted octanol–water partition coefficient (Wildman–Crippen LogP) is 5.10. The molecule has 0 heterocycles. The lowest BCUT2D eigenvalue weighted by Gasteiger charge is -2.25. The van der Waals surface area contributed by atoms with E-state index in [4.69, 9.17) is 11.6 Å². The maximum absolute atomic E-state index is 13.4. The number of aryl methyl sites for hydroxylation is 3. The molecule has 0 aliphatic rings. The lowest BCUT2D eigenvalue weighted by Crippen LogP contribution is -2.38. The van der Waals surface area contributed by atoms with Crippen LogP contribution < -0.4 is 9.62 Å². The van der Waals surface area contributed by atoms with Crippen LogP contribution in [0.5, 0.6) is 0 Å². The number of carbonyl (C=O) groups excluding carboxylic acids is 1. The van der Waals surface area contributed by atoms with Crippen molar-refractivity contribution in [2.24, 2.45) is 0 Å². The van der Waals surface area contributed by atoms with E-state index >= 15 is 0 Å². The number of anilines is 2. The van der Waals surface area contributed by atoms with Gasteiger partial charge in [0.2, 0.25) is 5.91 Å². The van der Waals surface area contributed by atoms with Gasteiger partial charge in [-0.25, -0.2) is 8.42 Å². The van der Waals surface area contributed by atoms with Crippen molar-refractivity contribution in [1.29, 1.82) is 0 Å². The van der Waals surface area contributed by atoms with Crippen LogP contribution in [-0.2, 0) is 14.8 Å². The first-order valence-electron chi connectivity index (χ1n) is 9.39. The van der Waals surface area contributed by atoms with Gasteiger partial charge in [0.25, 0.3) is 10.0 Å². The number of para-hydroxylation sites is 1. The molecule has 0 radical (unpaired) electrons. The highest BCUT2D eigenvalue weighted by Crippen LogP contribution is 2.30. The van der Waals surface area contributed by atoms with Gasteiger partial charge in [-0.2, -0.15) is 0 Å². The Hall–Kier alpha value is -2.83. The molecule has 0 unspecified atom stereocenters. The standard InChI is InChI=1S/C23H23ClN2O3S/c1-16-9-12-19(13-10-16)30(28,29)26(22-7-5-4-6-20(22)24)15-23(27)25-21-14-17(2)8-11-18(21)3/h4-14H,15H2,1-3H3,(H,25,27). The van der Waals surface area contributed by atoms with E-state index < -0.39 is 22.5 Å². The van der Waals surface area contributed by atoms with Crippen molar-refractivity contribution in [3.05, 3.63) is 88.4 Å². The average Bonchev–Trinajstić information content (AvgIpc) is 2.70. The van der Waals surface area contributed by atoms with Gasteiger partial charge < -0.3 is 5.32 Å². The summed E-state index contributed by atoms with van der Waals surface area (Å²) in [7, 11) is -4.01. The van der Waals surface area contributed by atoms with E-state index in [9.17, 15) is 13.2 Å². The number of nitrogens with one attached hydrogen (secondary N) is 1. The van der Waals surface area contributed by atoms with E-state index in [1.165, 1.54) is 12.1 Å². The fourth-order valence-electron chi connectivity index (χ4n) is 2.98. The van der Waals surface area contributed by atoms with Crippen molar-refractivity contribution in [2.45, 2.75) is 25.7 Å². The number of halogens is 1. The first-order chi connectivity index (χ1) is 14.2. The van der Waals surface area contributed by atoms with Gasteiger partial charge in [0.1, 0.15) is 6.54 Å². The molecule has 1 amide bonds. The molecule has 0 saturated carbocycles. The summed E-state index contributed by atoms with van der Waals surface area (Å²) in [6.45, 7) is 5.27. The molecular formula is C23H23ClN2O3S. The van der Waals surface area contributed by atoms with E-state index in [0.29, 0.717) is 5.69 Å². The largest absolute Gasteiger partial charge is 0.324 e.